The Balaban J connectivity index is 1.33. The first-order valence-electron chi connectivity index (χ1n) is 12.2. The van der Waals surface area contributed by atoms with Gasteiger partial charge in [0, 0.05) is 0 Å². The highest BCUT2D eigenvalue weighted by molar-refractivity contribution is 5.64. The van der Waals surface area contributed by atoms with Crippen LogP contribution in [0.5, 0.6) is 0 Å². The maximum absolute atomic E-state index is 2.40. The number of benzene rings is 2. The highest BCUT2D eigenvalue weighted by Gasteiger charge is 2.22. The summed E-state index contributed by atoms with van der Waals surface area (Å²) in [5.74, 6) is 2.50. The van der Waals surface area contributed by atoms with E-state index in [2.05, 4.69) is 67.6 Å². The van der Waals surface area contributed by atoms with Crippen LogP contribution in [-0.4, -0.2) is 0 Å². The zero-order valence-electron chi connectivity index (χ0n) is 18.3. The summed E-state index contributed by atoms with van der Waals surface area (Å²) in [7, 11) is 0. The molecule has 0 saturated heterocycles. The van der Waals surface area contributed by atoms with E-state index >= 15 is 0 Å². The maximum atomic E-state index is 2.40. The highest BCUT2D eigenvalue weighted by Crippen LogP contribution is 2.38. The summed E-state index contributed by atoms with van der Waals surface area (Å²) in [4.78, 5) is 0. The molecule has 2 aliphatic rings. The minimum atomic E-state index is 0.716. The van der Waals surface area contributed by atoms with E-state index in [1.54, 1.807) is 5.56 Å². The van der Waals surface area contributed by atoms with Gasteiger partial charge in [-0.15, -0.1) is 0 Å². The normalized spacial score (nSPS) is 24.5. The molecule has 0 heteroatoms. The van der Waals surface area contributed by atoms with Crippen LogP contribution >= 0.6 is 0 Å². The van der Waals surface area contributed by atoms with Gasteiger partial charge in [-0.3, -0.25) is 0 Å². The molecule has 1 fully saturated rings. The van der Waals surface area contributed by atoms with Crippen molar-refractivity contribution in [3.8, 4) is 11.1 Å². The predicted molar refractivity (Wildman–Crippen MR) is 126 cm³/mol. The van der Waals surface area contributed by atoms with Crippen LogP contribution in [0.2, 0.25) is 0 Å². The van der Waals surface area contributed by atoms with Crippen molar-refractivity contribution in [3.05, 3.63) is 71.8 Å². The topological polar surface area (TPSA) is 0 Å². The molecule has 154 valence electrons. The van der Waals surface area contributed by atoms with E-state index in [1.807, 2.05) is 0 Å². The molecule has 0 aliphatic heterocycles. The maximum Gasteiger partial charge on any atom is -0.0124 e. The summed E-state index contributed by atoms with van der Waals surface area (Å²) in [5, 5.41) is 0. The van der Waals surface area contributed by atoms with Crippen LogP contribution in [0.3, 0.4) is 0 Å². The molecule has 4 rings (SSSR count). The van der Waals surface area contributed by atoms with E-state index in [0.29, 0.717) is 5.92 Å². The third-order valence-corrected chi connectivity index (χ3v) is 7.43. The Bertz CT molecular complexity index is 757. The molecule has 0 spiro atoms. The SMILES string of the molecule is CCCCC[C@H]1CC[C@H](c2ccc(-c3ccc(C4CC=CCC4)cc3)cc2)CC1. The Morgan fingerprint density at radius 2 is 1.28 bits per heavy atom. The van der Waals surface area contributed by atoms with Gasteiger partial charge < -0.3 is 0 Å². The van der Waals surface area contributed by atoms with E-state index < -0.39 is 0 Å². The molecule has 0 heterocycles. The van der Waals surface area contributed by atoms with Crippen LogP contribution < -0.4 is 0 Å². The van der Waals surface area contributed by atoms with E-state index in [4.69, 9.17) is 0 Å². The van der Waals surface area contributed by atoms with Gasteiger partial charge in [-0.25, -0.2) is 0 Å². The van der Waals surface area contributed by atoms with Gasteiger partial charge in [-0.2, -0.15) is 0 Å². The Morgan fingerprint density at radius 3 is 1.83 bits per heavy atom. The fourth-order valence-corrected chi connectivity index (χ4v) is 5.46. The van der Waals surface area contributed by atoms with Gasteiger partial charge in [0.2, 0.25) is 0 Å². The summed E-state index contributed by atoms with van der Waals surface area (Å²) in [6.07, 6.45) is 19.7. The van der Waals surface area contributed by atoms with Crippen LogP contribution in [0.25, 0.3) is 11.1 Å². The van der Waals surface area contributed by atoms with Gasteiger partial charge in [0.05, 0.1) is 0 Å². The molecule has 0 bridgehead atoms. The number of rotatable bonds is 7. The second-order valence-electron chi connectivity index (χ2n) is 9.44. The third-order valence-electron chi connectivity index (χ3n) is 7.43. The second-order valence-corrected chi connectivity index (χ2v) is 9.44. The molecule has 1 saturated carbocycles. The van der Waals surface area contributed by atoms with Crippen molar-refractivity contribution in [2.24, 2.45) is 5.92 Å². The molecule has 1 unspecified atom stereocenters. The zero-order valence-corrected chi connectivity index (χ0v) is 18.3. The molecule has 0 aromatic heterocycles. The number of hydrogen-bond donors (Lipinski definition) is 0. The van der Waals surface area contributed by atoms with Gasteiger partial charge in [-0.1, -0.05) is 93.3 Å². The smallest absolute Gasteiger partial charge is 0.0124 e. The molecule has 0 amide bonds. The Kier molecular flexibility index (Phi) is 7.25. The monoisotopic (exact) mass is 386 g/mol. The minimum Gasteiger partial charge on any atom is -0.0885 e. The van der Waals surface area contributed by atoms with Gasteiger partial charge in [0.25, 0.3) is 0 Å². The second kappa shape index (κ2) is 10.3. The molecule has 0 nitrogen and oxygen atoms in total. The highest BCUT2D eigenvalue weighted by atomic mass is 14.3. The van der Waals surface area contributed by atoms with Crippen molar-refractivity contribution in [2.75, 3.05) is 0 Å². The van der Waals surface area contributed by atoms with Gasteiger partial charge in [-0.05, 0) is 85.0 Å². The van der Waals surface area contributed by atoms with Crippen LogP contribution in [0.4, 0.5) is 0 Å². The molecular weight excluding hydrogens is 348 g/mol. The lowest BCUT2D eigenvalue weighted by atomic mass is 9.77. The lowest BCUT2D eigenvalue weighted by Crippen LogP contribution is -2.13. The average molecular weight is 387 g/mol. The lowest BCUT2D eigenvalue weighted by molar-refractivity contribution is 0.303. The minimum absolute atomic E-state index is 0.716. The molecule has 2 aliphatic carbocycles. The van der Waals surface area contributed by atoms with Gasteiger partial charge >= 0.3 is 0 Å². The summed E-state index contributed by atoms with van der Waals surface area (Å²) in [5.41, 5.74) is 5.78. The van der Waals surface area contributed by atoms with Crippen LogP contribution in [0, 0.1) is 5.92 Å². The lowest BCUT2D eigenvalue weighted by Gasteiger charge is -2.29. The predicted octanol–water partition coefficient (Wildman–Crippen LogP) is 9.03. The first-order valence-corrected chi connectivity index (χ1v) is 12.2. The van der Waals surface area contributed by atoms with Crippen molar-refractivity contribution < 1.29 is 0 Å². The molecular formula is C29H38. The first-order chi connectivity index (χ1) is 14.3. The standard InChI is InChI=1S/C29H38/c1-2-3-5-8-23-11-13-25(14-12-23)27-19-21-29(22-20-27)28-17-15-26(16-18-28)24-9-6-4-7-10-24/h4,6,15-25H,2-3,5,7-14H2,1H3/t23-,24?,25-. The fraction of sp³-hybridized carbons (Fsp3) is 0.517. The molecule has 2 aromatic rings. The Morgan fingerprint density at radius 1 is 0.655 bits per heavy atom. The zero-order chi connectivity index (χ0) is 19.9. The number of allylic oxidation sites excluding steroid dienone is 2. The fourth-order valence-electron chi connectivity index (χ4n) is 5.46. The van der Waals surface area contributed by atoms with Crippen LogP contribution in [-0.2, 0) is 0 Å². The number of hydrogen-bond acceptors (Lipinski definition) is 0. The van der Waals surface area contributed by atoms with Crippen molar-refractivity contribution in [1.82, 2.24) is 0 Å². The molecule has 0 radical (unpaired) electrons. The summed E-state index contributed by atoms with van der Waals surface area (Å²) in [6.45, 7) is 2.31. The Hall–Kier alpha value is -1.82. The molecule has 29 heavy (non-hydrogen) atoms. The van der Waals surface area contributed by atoms with Gasteiger partial charge in [0.1, 0.15) is 0 Å². The third kappa shape index (κ3) is 5.41. The first kappa shape index (κ1) is 20.5. The molecule has 0 N–H and O–H groups in total. The van der Waals surface area contributed by atoms with Gasteiger partial charge in [0.15, 0.2) is 0 Å². The summed E-state index contributed by atoms with van der Waals surface area (Å²) >= 11 is 0. The van der Waals surface area contributed by atoms with Crippen LogP contribution in [0.15, 0.2) is 60.7 Å². The van der Waals surface area contributed by atoms with Crippen molar-refractivity contribution in [2.45, 2.75) is 89.4 Å². The Labute approximate surface area is 178 Å². The van der Waals surface area contributed by atoms with E-state index in [9.17, 15) is 0 Å². The van der Waals surface area contributed by atoms with E-state index in [0.717, 1.165) is 11.8 Å². The van der Waals surface area contributed by atoms with Crippen LogP contribution in [0.1, 0.15) is 101 Å². The van der Waals surface area contributed by atoms with E-state index in [-0.39, 0.29) is 0 Å². The van der Waals surface area contributed by atoms with Crippen molar-refractivity contribution in [1.29, 1.82) is 0 Å². The molecule has 2 aromatic carbocycles. The van der Waals surface area contributed by atoms with Crippen molar-refractivity contribution >= 4 is 0 Å². The largest absolute Gasteiger partial charge is 0.0885 e. The number of unbranched alkanes of at least 4 members (excludes halogenated alkanes) is 2. The van der Waals surface area contributed by atoms with E-state index in [1.165, 1.54) is 87.3 Å². The van der Waals surface area contributed by atoms with Crippen molar-refractivity contribution in [3.63, 3.8) is 0 Å². The summed E-state index contributed by atoms with van der Waals surface area (Å²) in [6, 6.07) is 18.9. The molecule has 1 atom stereocenters. The summed E-state index contributed by atoms with van der Waals surface area (Å²) < 4.78 is 0. The average Bonchev–Trinajstić information content (AvgIpc) is 2.81. The quantitative estimate of drug-likeness (QED) is 0.329.